The molecule has 2 aromatic rings. The van der Waals surface area contributed by atoms with Crippen molar-refractivity contribution >= 4 is 23.2 Å². The number of rotatable bonds is 4. The monoisotopic (exact) mass is 266 g/mol. The van der Waals surface area contributed by atoms with Gasteiger partial charge in [0.05, 0.1) is 5.88 Å². The molecule has 1 nitrogen and oxygen atoms in total. The molecule has 0 saturated carbocycles. The fourth-order valence-electron chi connectivity index (χ4n) is 1.58. The number of alkyl halides is 1. The summed E-state index contributed by atoms with van der Waals surface area (Å²) >= 11 is 11.7. The molecule has 0 aromatic heterocycles. The highest BCUT2D eigenvalue weighted by molar-refractivity contribution is 6.33. The second-order valence-corrected chi connectivity index (χ2v) is 4.33. The van der Waals surface area contributed by atoms with Gasteiger partial charge in [-0.15, -0.1) is 11.6 Å². The molecule has 88 valence electrons. The van der Waals surface area contributed by atoms with Crippen molar-refractivity contribution in [3.63, 3.8) is 0 Å². The van der Waals surface area contributed by atoms with Crippen molar-refractivity contribution in [3.8, 4) is 16.9 Å². The van der Waals surface area contributed by atoms with E-state index >= 15 is 0 Å². The Hall–Kier alpha value is -1.18. The normalized spacial score (nSPS) is 10.2. The van der Waals surface area contributed by atoms with Crippen LogP contribution in [0.4, 0.5) is 0 Å². The molecule has 0 aliphatic rings. The van der Waals surface area contributed by atoms with Gasteiger partial charge in [0.1, 0.15) is 12.4 Å². The largest absolute Gasteiger partial charge is 0.492 e. The van der Waals surface area contributed by atoms with Crippen molar-refractivity contribution in [1.82, 2.24) is 0 Å². The molecule has 2 rings (SSSR count). The Kier molecular flexibility index (Phi) is 4.29. The van der Waals surface area contributed by atoms with Crippen LogP contribution in [-0.2, 0) is 0 Å². The predicted octanol–water partition coefficient (Wildman–Crippen LogP) is 4.62. The van der Waals surface area contributed by atoms with Crippen molar-refractivity contribution in [2.24, 2.45) is 0 Å². The molecule has 2 aromatic carbocycles. The summed E-state index contributed by atoms with van der Waals surface area (Å²) in [6.07, 6.45) is 0. The number of hydrogen-bond acceptors (Lipinski definition) is 1. The molecular formula is C14H12Cl2O. The first-order valence-electron chi connectivity index (χ1n) is 5.35. The number of benzene rings is 2. The molecule has 0 aliphatic heterocycles. The third kappa shape index (κ3) is 3.15. The van der Waals surface area contributed by atoms with Gasteiger partial charge in [0, 0.05) is 10.6 Å². The standard InChI is InChI=1S/C14H12Cl2O/c15-9-10-17-12-7-5-11(6-8-12)13-3-1-2-4-14(13)16/h1-8H,9-10H2. The molecule has 0 amide bonds. The van der Waals surface area contributed by atoms with Gasteiger partial charge >= 0.3 is 0 Å². The van der Waals surface area contributed by atoms with Gasteiger partial charge in [-0.2, -0.15) is 0 Å². The molecule has 0 aliphatic carbocycles. The third-order valence-corrected chi connectivity index (χ3v) is 2.87. The van der Waals surface area contributed by atoms with E-state index < -0.39 is 0 Å². The molecule has 0 atom stereocenters. The Labute approximate surface area is 111 Å². The second kappa shape index (κ2) is 5.95. The van der Waals surface area contributed by atoms with Gasteiger partial charge in [0.15, 0.2) is 0 Å². The number of ether oxygens (including phenoxy) is 1. The average molecular weight is 267 g/mol. The highest BCUT2D eigenvalue weighted by atomic mass is 35.5. The van der Waals surface area contributed by atoms with Crippen LogP contribution in [0.1, 0.15) is 0 Å². The molecule has 17 heavy (non-hydrogen) atoms. The van der Waals surface area contributed by atoms with Crippen LogP contribution in [0.5, 0.6) is 5.75 Å². The van der Waals surface area contributed by atoms with Crippen LogP contribution in [0.3, 0.4) is 0 Å². The summed E-state index contributed by atoms with van der Waals surface area (Å²) in [7, 11) is 0. The van der Waals surface area contributed by atoms with Crippen molar-refractivity contribution < 1.29 is 4.74 Å². The summed E-state index contributed by atoms with van der Waals surface area (Å²) in [6.45, 7) is 0.521. The molecule has 0 radical (unpaired) electrons. The average Bonchev–Trinajstić information content (AvgIpc) is 2.38. The van der Waals surface area contributed by atoms with E-state index in [-0.39, 0.29) is 0 Å². The zero-order valence-electron chi connectivity index (χ0n) is 9.20. The molecule has 0 fully saturated rings. The Bertz CT molecular complexity index is 480. The zero-order valence-corrected chi connectivity index (χ0v) is 10.7. The molecule has 0 spiro atoms. The van der Waals surface area contributed by atoms with E-state index in [9.17, 15) is 0 Å². The zero-order chi connectivity index (χ0) is 12.1. The first-order chi connectivity index (χ1) is 8.31. The fourth-order valence-corrected chi connectivity index (χ4v) is 1.90. The fraction of sp³-hybridized carbons (Fsp3) is 0.143. The van der Waals surface area contributed by atoms with E-state index in [0.29, 0.717) is 12.5 Å². The van der Waals surface area contributed by atoms with Crippen LogP contribution in [0.25, 0.3) is 11.1 Å². The Morgan fingerprint density at radius 1 is 0.941 bits per heavy atom. The lowest BCUT2D eigenvalue weighted by molar-refractivity contribution is 0.343. The number of hydrogen-bond donors (Lipinski definition) is 0. The topological polar surface area (TPSA) is 9.23 Å². The van der Waals surface area contributed by atoms with E-state index in [0.717, 1.165) is 21.9 Å². The molecular weight excluding hydrogens is 255 g/mol. The van der Waals surface area contributed by atoms with Crippen LogP contribution in [0.15, 0.2) is 48.5 Å². The predicted molar refractivity (Wildman–Crippen MR) is 73.1 cm³/mol. The molecule has 3 heteroatoms. The summed E-state index contributed by atoms with van der Waals surface area (Å²) in [5.41, 5.74) is 2.10. The highest BCUT2D eigenvalue weighted by Crippen LogP contribution is 2.28. The Morgan fingerprint density at radius 3 is 2.29 bits per heavy atom. The van der Waals surface area contributed by atoms with Gasteiger partial charge in [-0.05, 0) is 23.8 Å². The Morgan fingerprint density at radius 2 is 1.65 bits per heavy atom. The van der Waals surface area contributed by atoms with E-state index in [1.807, 2.05) is 48.5 Å². The van der Waals surface area contributed by atoms with Gasteiger partial charge in [0.2, 0.25) is 0 Å². The summed E-state index contributed by atoms with van der Waals surface area (Å²) in [6, 6.07) is 15.6. The lowest BCUT2D eigenvalue weighted by atomic mass is 10.1. The quantitative estimate of drug-likeness (QED) is 0.734. The van der Waals surface area contributed by atoms with Gasteiger partial charge in [-0.3, -0.25) is 0 Å². The van der Waals surface area contributed by atoms with Crippen molar-refractivity contribution in [3.05, 3.63) is 53.6 Å². The summed E-state index contributed by atoms with van der Waals surface area (Å²) in [5, 5.41) is 0.752. The summed E-state index contributed by atoms with van der Waals surface area (Å²) in [5.74, 6) is 1.31. The number of halogens is 2. The maximum Gasteiger partial charge on any atom is 0.119 e. The first kappa shape index (κ1) is 12.3. The van der Waals surface area contributed by atoms with Crippen molar-refractivity contribution in [1.29, 1.82) is 0 Å². The van der Waals surface area contributed by atoms with Crippen molar-refractivity contribution in [2.75, 3.05) is 12.5 Å². The summed E-state index contributed by atoms with van der Waals surface area (Å²) < 4.78 is 5.41. The molecule has 0 heterocycles. The van der Waals surface area contributed by atoms with Crippen molar-refractivity contribution in [2.45, 2.75) is 0 Å². The van der Waals surface area contributed by atoms with Gasteiger partial charge in [0.25, 0.3) is 0 Å². The third-order valence-electron chi connectivity index (χ3n) is 2.39. The van der Waals surface area contributed by atoms with Gasteiger partial charge < -0.3 is 4.74 Å². The van der Waals surface area contributed by atoms with E-state index in [2.05, 4.69) is 0 Å². The molecule has 0 bridgehead atoms. The van der Waals surface area contributed by atoms with E-state index in [1.165, 1.54) is 0 Å². The van der Waals surface area contributed by atoms with Crippen LogP contribution in [0, 0.1) is 0 Å². The smallest absolute Gasteiger partial charge is 0.119 e. The molecule has 0 saturated heterocycles. The van der Waals surface area contributed by atoms with Gasteiger partial charge in [-0.25, -0.2) is 0 Å². The first-order valence-corrected chi connectivity index (χ1v) is 6.26. The lowest BCUT2D eigenvalue weighted by Gasteiger charge is -2.07. The van der Waals surface area contributed by atoms with Crippen LogP contribution in [0.2, 0.25) is 5.02 Å². The van der Waals surface area contributed by atoms with Gasteiger partial charge in [-0.1, -0.05) is 41.9 Å². The minimum atomic E-state index is 0.492. The van der Waals surface area contributed by atoms with Crippen LogP contribution < -0.4 is 4.74 Å². The van der Waals surface area contributed by atoms with Crippen LogP contribution >= 0.6 is 23.2 Å². The molecule has 0 unspecified atom stereocenters. The maximum atomic E-state index is 6.13. The lowest BCUT2D eigenvalue weighted by Crippen LogP contribution is -1.97. The summed E-state index contributed by atoms with van der Waals surface area (Å²) in [4.78, 5) is 0. The Balaban J connectivity index is 2.21. The van der Waals surface area contributed by atoms with Crippen LogP contribution in [-0.4, -0.2) is 12.5 Å². The van der Waals surface area contributed by atoms with E-state index in [1.54, 1.807) is 0 Å². The molecule has 0 N–H and O–H groups in total. The second-order valence-electron chi connectivity index (χ2n) is 3.54. The maximum absolute atomic E-state index is 6.13. The highest BCUT2D eigenvalue weighted by Gasteiger charge is 2.02. The van der Waals surface area contributed by atoms with E-state index in [4.69, 9.17) is 27.9 Å². The minimum absolute atomic E-state index is 0.492. The SMILES string of the molecule is ClCCOc1ccc(-c2ccccc2Cl)cc1. The minimum Gasteiger partial charge on any atom is -0.492 e.